The zero-order valence-corrected chi connectivity index (χ0v) is 10.8. The first-order valence-electron chi connectivity index (χ1n) is 6.13. The molecule has 2 aromatic rings. The standard InChI is InChI=1S/C14H18N4/c1-3-7-13-16-12(15)10-14(17-13)18(2)11-8-5-4-6-9-11/h4-6,8-10H,3,7H2,1-2H3,(H2,15,16,17). The number of benzene rings is 1. The van der Waals surface area contributed by atoms with Gasteiger partial charge in [-0.2, -0.15) is 0 Å². The molecule has 1 aromatic carbocycles. The molecule has 1 aromatic heterocycles. The highest BCUT2D eigenvalue weighted by Crippen LogP contribution is 2.22. The van der Waals surface area contributed by atoms with Crippen LogP contribution < -0.4 is 10.6 Å². The lowest BCUT2D eigenvalue weighted by molar-refractivity contribution is 0.834. The maximum absolute atomic E-state index is 5.83. The smallest absolute Gasteiger partial charge is 0.138 e. The first-order chi connectivity index (χ1) is 8.70. The summed E-state index contributed by atoms with van der Waals surface area (Å²) in [6.45, 7) is 2.10. The molecule has 0 aliphatic rings. The van der Waals surface area contributed by atoms with Gasteiger partial charge in [-0.25, -0.2) is 9.97 Å². The molecule has 18 heavy (non-hydrogen) atoms. The molecule has 0 aliphatic heterocycles. The van der Waals surface area contributed by atoms with E-state index >= 15 is 0 Å². The Morgan fingerprint density at radius 3 is 2.56 bits per heavy atom. The van der Waals surface area contributed by atoms with E-state index in [2.05, 4.69) is 16.9 Å². The van der Waals surface area contributed by atoms with Gasteiger partial charge in [0.1, 0.15) is 17.5 Å². The van der Waals surface area contributed by atoms with Crippen LogP contribution in [0.15, 0.2) is 36.4 Å². The third kappa shape index (κ3) is 2.77. The zero-order chi connectivity index (χ0) is 13.0. The summed E-state index contributed by atoms with van der Waals surface area (Å²) in [5, 5.41) is 0. The topological polar surface area (TPSA) is 55.0 Å². The fourth-order valence-corrected chi connectivity index (χ4v) is 1.79. The Morgan fingerprint density at radius 2 is 1.89 bits per heavy atom. The highest BCUT2D eigenvalue weighted by atomic mass is 15.2. The van der Waals surface area contributed by atoms with Gasteiger partial charge in [-0.3, -0.25) is 0 Å². The Hall–Kier alpha value is -2.10. The van der Waals surface area contributed by atoms with Crippen molar-refractivity contribution in [3.63, 3.8) is 0 Å². The molecule has 94 valence electrons. The largest absolute Gasteiger partial charge is 0.384 e. The van der Waals surface area contributed by atoms with Crippen molar-refractivity contribution in [3.05, 3.63) is 42.2 Å². The van der Waals surface area contributed by atoms with E-state index in [1.54, 1.807) is 6.07 Å². The van der Waals surface area contributed by atoms with Crippen LogP contribution in [0, 0.1) is 0 Å². The minimum Gasteiger partial charge on any atom is -0.384 e. The van der Waals surface area contributed by atoms with Crippen molar-refractivity contribution in [1.82, 2.24) is 9.97 Å². The summed E-state index contributed by atoms with van der Waals surface area (Å²) in [5.74, 6) is 2.15. The molecule has 0 spiro atoms. The number of nitrogen functional groups attached to an aromatic ring is 1. The average Bonchev–Trinajstić information content (AvgIpc) is 2.38. The monoisotopic (exact) mass is 242 g/mol. The first kappa shape index (κ1) is 12.4. The predicted molar refractivity (Wildman–Crippen MR) is 74.9 cm³/mol. The normalized spacial score (nSPS) is 10.3. The molecule has 0 unspecified atom stereocenters. The molecule has 2 rings (SSSR count). The van der Waals surface area contributed by atoms with Crippen LogP contribution in [-0.4, -0.2) is 17.0 Å². The number of aromatic nitrogens is 2. The predicted octanol–water partition coefficient (Wildman–Crippen LogP) is 2.78. The SMILES string of the molecule is CCCc1nc(N)cc(N(C)c2ccccc2)n1. The van der Waals surface area contributed by atoms with E-state index in [4.69, 9.17) is 5.73 Å². The van der Waals surface area contributed by atoms with Crippen LogP contribution in [-0.2, 0) is 6.42 Å². The highest BCUT2D eigenvalue weighted by Gasteiger charge is 2.08. The van der Waals surface area contributed by atoms with E-state index < -0.39 is 0 Å². The van der Waals surface area contributed by atoms with Crippen LogP contribution in [0.1, 0.15) is 19.2 Å². The molecule has 2 N–H and O–H groups in total. The maximum Gasteiger partial charge on any atom is 0.138 e. The van der Waals surface area contributed by atoms with Crippen molar-refractivity contribution in [2.24, 2.45) is 0 Å². The van der Waals surface area contributed by atoms with Crippen LogP contribution in [0.2, 0.25) is 0 Å². The number of para-hydroxylation sites is 1. The van der Waals surface area contributed by atoms with Crippen LogP contribution in [0.5, 0.6) is 0 Å². The number of nitrogens with zero attached hydrogens (tertiary/aromatic N) is 3. The van der Waals surface area contributed by atoms with E-state index in [1.807, 2.05) is 42.3 Å². The van der Waals surface area contributed by atoms with E-state index in [9.17, 15) is 0 Å². The zero-order valence-electron chi connectivity index (χ0n) is 10.8. The van der Waals surface area contributed by atoms with Gasteiger partial charge in [0.25, 0.3) is 0 Å². The number of anilines is 3. The molecular formula is C14H18N4. The number of hydrogen-bond donors (Lipinski definition) is 1. The number of aryl methyl sites for hydroxylation is 1. The Labute approximate surface area is 107 Å². The molecule has 0 fully saturated rings. The third-order valence-electron chi connectivity index (χ3n) is 2.74. The summed E-state index contributed by atoms with van der Waals surface area (Å²) in [7, 11) is 1.98. The van der Waals surface area contributed by atoms with Gasteiger partial charge in [-0.15, -0.1) is 0 Å². The van der Waals surface area contributed by atoms with Gasteiger partial charge >= 0.3 is 0 Å². The molecule has 4 heteroatoms. The minimum atomic E-state index is 0.520. The Balaban J connectivity index is 2.33. The quantitative estimate of drug-likeness (QED) is 0.895. The number of hydrogen-bond acceptors (Lipinski definition) is 4. The number of nitrogens with two attached hydrogens (primary N) is 1. The molecule has 0 saturated carbocycles. The van der Waals surface area contributed by atoms with E-state index in [0.717, 1.165) is 30.2 Å². The molecular weight excluding hydrogens is 224 g/mol. The summed E-state index contributed by atoms with van der Waals surface area (Å²) in [6.07, 6.45) is 1.86. The fourth-order valence-electron chi connectivity index (χ4n) is 1.79. The molecule has 0 atom stereocenters. The molecule has 0 saturated heterocycles. The van der Waals surface area contributed by atoms with Crippen molar-refractivity contribution >= 4 is 17.3 Å². The van der Waals surface area contributed by atoms with E-state index in [0.29, 0.717) is 5.82 Å². The summed E-state index contributed by atoms with van der Waals surface area (Å²) in [4.78, 5) is 10.8. The second kappa shape index (κ2) is 5.49. The van der Waals surface area contributed by atoms with Crippen molar-refractivity contribution < 1.29 is 0 Å². The van der Waals surface area contributed by atoms with E-state index in [1.165, 1.54) is 0 Å². The van der Waals surface area contributed by atoms with Crippen LogP contribution >= 0.6 is 0 Å². The van der Waals surface area contributed by atoms with Crippen LogP contribution in [0.25, 0.3) is 0 Å². The highest BCUT2D eigenvalue weighted by molar-refractivity contribution is 5.60. The van der Waals surface area contributed by atoms with Gasteiger partial charge in [0.15, 0.2) is 0 Å². The van der Waals surface area contributed by atoms with Gasteiger partial charge < -0.3 is 10.6 Å². The summed E-state index contributed by atoms with van der Waals surface area (Å²) in [6, 6.07) is 11.9. The Kier molecular flexibility index (Phi) is 3.77. The van der Waals surface area contributed by atoms with Crippen molar-refractivity contribution in [1.29, 1.82) is 0 Å². The summed E-state index contributed by atoms with van der Waals surface area (Å²) >= 11 is 0. The van der Waals surface area contributed by atoms with E-state index in [-0.39, 0.29) is 0 Å². The summed E-state index contributed by atoms with van der Waals surface area (Å²) < 4.78 is 0. The average molecular weight is 242 g/mol. The Bertz CT molecular complexity index is 510. The van der Waals surface area contributed by atoms with Gasteiger partial charge in [-0.05, 0) is 18.6 Å². The molecule has 0 amide bonds. The third-order valence-corrected chi connectivity index (χ3v) is 2.74. The Morgan fingerprint density at radius 1 is 1.17 bits per heavy atom. The van der Waals surface area contributed by atoms with Crippen molar-refractivity contribution in [2.45, 2.75) is 19.8 Å². The molecule has 1 heterocycles. The van der Waals surface area contributed by atoms with Crippen LogP contribution in [0.4, 0.5) is 17.3 Å². The lowest BCUT2D eigenvalue weighted by atomic mass is 10.3. The van der Waals surface area contributed by atoms with Crippen LogP contribution in [0.3, 0.4) is 0 Å². The molecule has 0 aliphatic carbocycles. The van der Waals surface area contributed by atoms with Crippen molar-refractivity contribution in [3.8, 4) is 0 Å². The molecule has 4 nitrogen and oxygen atoms in total. The van der Waals surface area contributed by atoms with Gasteiger partial charge in [0.05, 0.1) is 0 Å². The molecule has 0 radical (unpaired) electrons. The second-order valence-electron chi connectivity index (χ2n) is 4.21. The lowest BCUT2D eigenvalue weighted by Gasteiger charge is -2.19. The van der Waals surface area contributed by atoms with Gasteiger partial charge in [-0.1, -0.05) is 25.1 Å². The fraction of sp³-hybridized carbons (Fsp3) is 0.286. The van der Waals surface area contributed by atoms with Gasteiger partial charge in [0.2, 0.25) is 0 Å². The van der Waals surface area contributed by atoms with Crippen molar-refractivity contribution in [2.75, 3.05) is 17.7 Å². The molecule has 0 bridgehead atoms. The number of rotatable bonds is 4. The lowest BCUT2D eigenvalue weighted by Crippen LogP contribution is -2.13. The summed E-state index contributed by atoms with van der Waals surface area (Å²) in [5.41, 5.74) is 6.91. The first-order valence-corrected chi connectivity index (χ1v) is 6.13. The van der Waals surface area contributed by atoms with Gasteiger partial charge in [0, 0.05) is 25.2 Å². The minimum absolute atomic E-state index is 0.520. The second-order valence-corrected chi connectivity index (χ2v) is 4.21. The maximum atomic E-state index is 5.83.